The first-order valence-electron chi connectivity index (χ1n) is 8.25. The van der Waals surface area contributed by atoms with E-state index < -0.39 is 11.9 Å². The summed E-state index contributed by atoms with van der Waals surface area (Å²) in [5.74, 6) is 0.143. The van der Waals surface area contributed by atoms with E-state index in [9.17, 15) is 9.59 Å². The van der Waals surface area contributed by atoms with E-state index in [0.717, 1.165) is 6.08 Å². The first-order chi connectivity index (χ1) is 11.7. The van der Waals surface area contributed by atoms with Crippen molar-refractivity contribution in [1.29, 1.82) is 0 Å². The number of aromatic nitrogens is 2. The van der Waals surface area contributed by atoms with Gasteiger partial charge in [0.25, 0.3) is 5.91 Å². The van der Waals surface area contributed by atoms with Gasteiger partial charge in [0.15, 0.2) is 0 Å². The quantitative estimate of drug-likeness (QED) is 0.322. The highest BCUT2D eigenvalue weighted by Crippen LogP contribution is 2.12. The van der Waals surface area contributed by atoms with E-state index in [0.29, 0.717) is 17.4 Å². The van der Waals surface area contributed by atoms with Crippen molar-refractivity contribution in [2.75, 3.05) is 5.32 Å². The van der Waals surface area contributed by atoms with Gasteiger partial charge in [-0.05, 0) is 24.8 Å². The number of hydroxylamine groups is 1. The lowest BCUT2D eigenvalue weighted by atomic mass is 10.0. The summed E-state index contributed by atoms with van der Waals surface area (Å²) in [6, 6.07) is -0.358. The van der Waals surface area contributed by atoms with Crippen LogP contribution in [0.2, 0.25) is 0 Å². The Kier molecular flexibility index (Phi) is 8.00. The Labute approximate surface area is 148 Å². The number of amides is 2. The fourth-order valence-corrected chi connectivity index (χ4v) is 1.87. The second-order valence-corrected chi connectivity index (χ2v) is 6.54. The van der Waals surface area contributed by atoms with Crippen molar-refractivity contribution in [2.24, 2.45) is 11.8 Å². The molecule has 2 amide bonds. The first kappa shape index (κ1) is 20.6. The number of anilines is 1. The van der Waals surface area contributed by atoms with Gasteiger partial charge >= 0.3 is 0 Å². The number of nitrogens with zero attached hydrogens (tertiary/aromatic N) is 2. The molecular weight excluding hydrogens is 322 g/mol. The number of carbonyl (C=O) groups is 2. The Hall–Kier alpha value is -2.48. The summed E-state index contributed by atoms with van der Waals surface area (Å²) in [6.07, 6.45) is 5.51. The van der Waals surface area contributed by atoms with Crippen molar-refractivity contribution in [1.82, 2.24) is 20.8 Å². The molecular formula is C17H27N5O3. The monoisotopic (exact) mass is 349 g/mol. The van der Waals surface area contributed by atoms with E-state index in [1.165, 1.54) is 23.9 Å². The van der Waals surface area contributed by atoms with Crippen LogP contribution in [-0.4, -0.2) is 39.1 Å². The van der Waals surface area contributed by atoms with Gasteiger partial charge in [-0.25, -0.2) is 10.5 Å². The minimum Gasteiger partial charge on any atom is -0.357 e. The lowest BCUT2D eigenvalue weighted by molar-refractivity contribution is -0.124. The second kappa shape index (κ2) is 9.73. The SMILES string of the molecule is CC(C)[C@H](C)NC(=O)[C@H](Nc1cnc(/C=C/C(=O)NO)cn1)C(C)C. The van der Waals surface area contributed by atoms with E-state index in [1.54, 1.807) is 0 Å². The molecule has 0 bridgehead atoms. The third-order valence-corrected chi connectivity index (χ3v) is 3.81. The maximum atomic E-state index is 12.5. The Morgan fingerprint density at radius 2 is 1.76 bits per heavy atom. The van der Waals surface area contributed by atoms with E-state index in [1.807, 2.05) is 20.8 Å². The topological polar surface area (TPSA) is 116 Å². The number of hydrogen-bond acceptors (Lipinski definition) is 6. The normalized spacial score (nSPS) is 13.8. The summed E-state index contributed by atoms with van der Waals surface area (Å²) >= 11 is 0. The summed E-state index contributed by atoms with van der Waals surface area (Å²) in [7, 11) is 0. The fraction of sp³-hybridized carbons (Fsp3) is 0.529. The molecule has 1 heterocycles. The van der Waals surface area contributed by atoms with Gasteiger partial charge in [0.05, 0.1) is 18.1 Å². The van der Waals surface area contributed by atoms with Crippen molar-refractivity contribution in [3.05, 3.63) is 24.2 Å². The molecule has 0 aliphatic rings. The predicted molar refractivity (Wildman–Crippen MR) is 95.7 cm³/mol. The molecule has 25 heavy (non-hydrogen) atoms. The molecule has 0 spiro atoms. The maximum absolute atomic E-state index is 12.5. The summed E-state index contributed by atoms with van der Waals surface area (Å²) in [6.45, 7) is 9.99. The molecule has 8 heteroatoms. The van der Waals surface area contributed by atoms with Gasteiger partial charge in [0.1, 0.15) is 11.9 Å². The molecule has 1 aromatic rings. The van der Waals surface area contributed by atoms with Gasteiger partial charge in [-0.2, -0.15) is 0 Å². The van der Waals surface area contributed by atoms with Crippen LogP contribution in [0.3, 0.4) is 0 Å². The molecule has 0 aromatic carbocycles. The molecule has 1 rings (SSSR count). The highest BCUT2D eigenvalue weighted by Gasteiger charge is 2.24. The van der Waals surface area contributed by atoms with Crippen molar-refractivity contribution < 1.29 is 14.8 Å². The molecule has 138 valence electrons. The highest BCUT2D eigenvalue weighted by atomic mass is 16.5. The van der Waals surface area contributed by atoms with Gasteiger partial charge in [0.2, 0.25) is 5.91 Å². The zero-order valence-corrected chi connectivity index (χ0v) is 15.3. The number of nitrogens with one attached hydrogen (secondary N) is 3. The minimum absolute atomic E-state index is 0.0639. The van der Waals surface area contributed by atoms with E-state index >= 15 is 0 Å². The molecule has 4 N–H and O–H groups in total. The number of carbonyl (C=O) groups excluding carboxylic acids is 2. The van der Waals surface area contributed by atoms with Crippen LogP contribution in [0.1, 0.15) is 40.3 Å². The van der Waals surface area contributed by atoms with Crippen molar-refractivity contribution in [2.45, 2.75) is 46.7 Å². The number of hydrogen-bond donors (Lipinski definition) is 4. The molecule has 0 aliphatic heterocycles. The smallest absolute Gasteiger partial charge is 0.267 e. The summed E-state index contributed by atoms with van der Waals surface area (Å²) in [5.41, 5.74) is 1.94. The van der Waals surface area contributed by atoms with Crippen LogP contribution in [-0.2, 0) is 9.59 Å². The zero-order valence-electron chi connectivity index (χ0n) is 15.3. The van der Waals surface area contributed by atoms with Crippen LogP contribution in [0.15, 0.2) is 18.5 Å². The molecule has 2 atom stereocenters. The van der Waals surface area contributed by atoms with E-state index in [-0.39, 0.29) is 17.9 Å². The Bertz CT molecular complexity index is 599. The Morgan fingerprint density at radius 3 is 2.24 bits per heavy atom. The van der Waals surface area contributed by atoms with Gasteiger partial charge < -0.3 is 10.6 Å². The fourth-order valence-electron chi connectivity index (χ4n) is 1.87. The van der Waals surface area contributed by atoms with Crippen LogP contribution in [0.4, 0.5) is 5.82 Å². The number of rotatable bonds is 8. The lowest BCUT2D eigenvalue weighted by Crippen LogP contribution is -2.47. The Balaban J connectivity index is 2.77. The molecule has 0 saturated carbocycles. The molecule has 1 aromatic heterocycles. The van der Waals surface area contributed by atoms with Crippen LogP contribution >= 0.6 is 0 Å². The van der Waals surface area contributed by atoms with Gasteiger partial charge in [-0.3, -0.25) is 19.8 Å². The standard InChI is InChI=1S/C17H27N5O3/c1-10(2)12(5)20-17(24)16(11(3)4)21-14-9-18-13(8-19-14)6-7-15(23)22-25/h6-12,16,25H,1-5H3,(H,19,21)(H,20,24)(H,22,23)/b7-6+/t12-,16+/m0/s1. The van der Waals surface area contributed by atoms with Crippen molar-refractivity contribution >= 4 is 23.7 Å². The molecule has 0 fully saturated rings. The molecule has 0 radical (unpaired) electrons. The third-order valence-electron chi connectivity index (χ3n) is 3.81. The van der Waals surface area contributed by atoms with Crippen molar-refractivity contribution in [3.8, 4) is 0 Å². The molecule has 0 saturated heterocycles. The third kappa shape index (κ3) is 6.88. The predicted octanol–water partition coefficient (Wildman–Crippen LogP) is 1.59. The minimum atomic E-state index is -0.653. The van der Waals surface area contributed by atoms with Gasteiger partial charge in [-0.1, -0.05) is 27.7 Å². The first-order valence-corrected chi connectivity index (χ1v) is 8.25. The average Bonchev–Trinajstić information content (AvgIpc) is 2.57. The molecule has 8 nitrogen and oxygen atoms in total. The van der Waals surface area contributed by atoms with Crippen molar-refractivity contribution in [3.63, 3.8) is 0 Å². The summed E-state index contributed by atoms with van der Waals surface area (Å²) in [5, 5.41) is 14.5. The molecule has 0 unspecified atom stereocenters. The van der Waals surface area contributed by atoms with Gasteiger partial charge in [-0.15, -0.1) is 0 Å². The van der Waals surface area contributed by atoms with Crippen LogP contribution in [0, 0.1) is 11.8 Å². The van der Waals surface area contributed by atoms with E-state index in [4.69, 9.17) is 5.21 Å². The Morgan fingerprint density at radius 1 is 1.08 bits per heavy atom. The highest BCUT2D eigenvalue weighted by molar-refractivity contribution is 5.90. The van der Waals surface area contributed by atoms with Gasteiger partial charge in [0, 0.05) is 12.1 Å². The lowest BCUT2D eigenvalue weighted by Gasteiger charge is -2.25. The summed E-state index contributed by atoms with van der Waals surface area (Å²) < 4.78 is 0. The zero-order chi connectivity index (χ0) is 19.0. The second-order valence-electron chi connectivity index (χ2n) is 6.54. The molecule has 0 aliphatic carbocycles. The van der Waals surface area contributed by atoms with Crippen LogP contribution in [0.5, 0.6) is 0 Å². The maximum Gasteiger partial charge on any atom is 0.267 e. The van der Waals surface area contributed by atoms with E-state index in [2.05, 4.69) is 34.4 Å². The largest absolute Gasteiger partial charge is 0.357 e. The van der Waals surface area contributed by atoms with Crippen LogP contribution < -0.4 is 16.1 Å². The summed E-state index contributed by atoms with van der Waals surface area (Å²) in [4.78, 5) is 31.8. The van der Waals surface area contributed by atoms with Crippen LogP contribution in [0.25, 0.3) is 6.08 Å². The average molecular weight is 349 g/mol.